The van der Waals surface area contributed by atoms with Crippen molar-refractivity contribution in [1.82, 2.24) is 15.5 Å². The highest BCUT2D eigenvalue weighted by atomic mass is 35.5. The zero-order valence-corrected chi connectivity index (χ0v) is 30.8. The molecule has 12 heteroatoms. The second-order valence-corrected chi connectivity index (χ2v) is 16.2. The van der Waals surface area contributed by atoms with Crippen molar-refractivity contribution in [3.8, 4) is 0 Å². The van der Waals surface area contributed by atoms with E-state index < -0.39 is 36.5 Å². The predicted octanol–water partition coefficient (Wildman–Crippen LogP) is 7.45. The number of piperidine rings is 1. The third-order valence-corrected chi connectivity index (χ3v) is 10.7. The molecule has 4 rings (SSSR count). The van der Waals surface area contributed by atoms with Crippen LogP contribution in [0.5, 0.6) is 0 Å². The van der Waals surface area contributed by atoms with Gasteiger partial charge in [0.05, 0.1) is 24.4 Å². The first kappa shape index (κ1) is 38.6. The summed E-state index contributed by atoms with van der Waals surface area (Å²) in [5, 5.41) is 17.9. The van der Waals surface area contributed by atoms with Crippen LogP contribution in [-0.2, 0) is 41.7 Å². The molecule has 0 bridgehead atoms. The lowest BCUT2D eigenvalue weighted by molar-refractivity contribution is -0.155. The molecule has 1 saturated heterocycles. The van der Waals surface area contributed by atoms with Crippen molar-refractivity contribution >= 4 is 31.4 Å². The van der Waals surface area contributed by atoms with Gasteiger partial charge in [-0.15, -0.1) is 0 Å². The molecule has 0 saturated carbocycles. The molecule has 1 aliphatic rings. The second-order valence-electron chi connectivity index (χ2n) is 14.1. The topological polar surface area (TPSA) is 126 Å². The van der Waals surface area contributed by atoms with Crippen LogP contribution in [0.1, 0.15) is 64.7 Å². The van der Waals surface area contributed by atoms with Crippen LogP contribution in [0.3, 0.4) is 0 Å². The highest BCUT2D eigenvalue weighted by Crippen LogP contribution is 2.54. The summed E-state index contributed by atoms with van der Waals surface area (Å²) in [6.07, 6.45) is 0.328. The Kier molecular flexibility index (Phi) is 12.7. The van der Waals surface area contributed by atoms with Gasteiger partial charge < -0.3 is 20.6 Å². The summed E-state index contributed by atoms with van der Waals surface area (Å²) in [4.78, 5) is 28.7. The van der Waals surface area contributed by atoms with Gasteiger partial charge in [0.15, 0.2) is 0 Å². The predicted molar refractivity (Wildman–Crippen MR) is 191 cm³/mol. The molecule has 1 fully saturated rings. The fraction of sp³-hybridized carbons (Fsp3) is 0.459. The molecule has 3 aromatic carbocycles. The number of rotatable bonds is 14. The van der Waals surface area contributed by atoms with Crippen molar-refractivity contribution in [2.75, 3.05) is 19.6 Å². The number of hydrogen-bond donors (Lipinski definition) is 3. The number of phosphoric acid groups is 1. The van der Waals surface area contributed by atoms with Crippen molar-refractivity contribution < 1.29 is 32.8 Å². The van der Waals surface area contributed by atoms with Gasteiger partial charge in [-0.1, -0.05) is 112 Å². The van der Waals surface area contributed by atoms with E-state index in [0.717, 1.165) is 16.7 Å². The Morgan fingerprint density at radius 2 is 1.47 bits per heavy atom. The second kappa shape index (κ2) is 16.2. The number of likely N-dealkylation sites (tertiary alicyclic amines) is 1. The van der Waals surface area contributed by atoms with E-state index in [-0.39, 0.29) is 31.6 Å². The van der Waals surface area contributed by atoms with Crippen LogP contribution >= 0.6 is 19.4 Å². The number of carbonyl (C=O) groups is 2. The van der Waals surface area contributed by atoms with Crippen molar-refractivity contribution in [2.24, 2.45) is 11.3 Å². The molecule has 0 aliphatic carbocycles. The van der Waals surface area contributed by atoms with Crippen LogP contribution in [0.4, 0.5) is 4.79 Å². The zero-order chi connectivity index (χ0) is 35.9. The molecular formula is C37H49ClN3O7P. The number of halogens is 1. The number of carbonyl (C=O) groups excluding carboxylic acids is 2. The Morgan fingerprint density at radius 3 is 1.96 bits per heavy atom. The SMILES string of the molecule is CC(C)[C@@H](NC(=O)NCC(C)(C)OP(=O)(OCc1ccccc1)OCc1ccccc1)C(=O)N1CC[C@](O)(c2ccc(Cl)cc2)C(C)(C)C1. The summed E-state index contributed by atoms with van der Waals surface area (Å²) >= 11 is 6.08. The van der Waals surface area contributed by atoms with Gasteiger partial charge in [0.2, 0.25) is 5.91 Å². The minimum Gasteiger partial charge on any atom is -0.384 e. The molecule has 0 spiro atoms. The molecule has 0 unspecified atom stereocenters. The molecule has 3 amide bonds. The number of benzene rings is 3. The van der Waals surface area contributed by atoms with E-state index in [0.29, 0.717) is 24.5 Å². The molecule has 266 valence electrons. The fourth-order valence-electron chi connectivity index (χ4n) is 5.85. The zero-order valence-electron chi connectivity index (χ0n) is 29.1. The third kappa shape index (κ3) is 10.4. The van der Waals surface area contributed by atoms with Gasteiger partial charge in [-0.2, -0.15) is 0 Å². The number of nitrogens with one attached hydrogen (secondary N) is 2. The minimum absolute atomic E-state index is 0.000507. The van der Waals surface area contributed by atoms with Crippen molar-refractivity contribution in [2.45, 2.75) is 78.4 Å². The molecule has 3 N–H and O–H groups in total. The van der Waals surface area contributed by atoms with E-state index in [4.69, 9.17) is 25.2 Å². The number of nitrogens with zero attached hydrogens (tertiary/aromatic N) is 1. The van der Waals surface area contributed by atoms with E-state index in [2.05, 4.69) is 10.6 Å². The lowest BCUT2D eigenvalue weighted by Gasteiger charge is -2.51. The van der Waals surface area contributed by atoms with Crippen LogP contribution in [0.25, 0.3) is 0 Å². The van der Waals surface area contributed by atoms with Gasteiger partial charge in [0, 0.05) is 30.1 Å². The van der Waals surface area contributed by atoms with Gasteiger partial charge in [-0.05, 0) is 55.0 Å². The molecule has 0 radical (unpaired) electrons. The first-order valence-corrected chi connectivity index (χ1v) is 18.4. The third-order valence-electron chi connectivity index (χ3n) is 8.80. The molecular weight excluding hydrogens is 665 g/mol. The van der Waals surface area contributed by atoms with Crippen molar-refractivity contribution in [3.05, 3.63) is 107 Å². The molecule has 49 heavy (non-hydrogen) atoms. The van der Waals surface area contributed by atoms with Crippen LogP contribution in [0.2, 0.25) is 5.02 Å². The summed E-state index contributed by atoms with van der Waals surface area (Å²) in [6, 6.07) is 24.3. The van der Waals surface area contributed by atoms with Gasteiger partial charge >= 0.3 is 13.9 Å². The minimum atomic E-state index is -4.12. The summed E-state index contributed by atoms with van der Waals surface area (Å²) < 4.78 is 31.3. The maximum absolute atomic E-state index is 13.9. The molecule has 2 atom stereocenters. The summed E-state index contributed by atoms with van der Waals surface area (Å²) in [5.41, 5.74) is -0.688. The lowest BCUT2D eigenvalue weighted by atomic mass is 9.66. The van der Waals surface area contributed by atoms with Crippen LogP contribution in [0, 0.1) is 11.3 Å². The Hall–Kier alpha value is -3.24. The number of hydrogen-bond acceptors (Lipinski definition) is 7. The molecule has 1 heterocycles. The van der Waals surface area contributed by atoms with Crippen LogP contribution in [-0.4, -0.2) is 53.2 Å². The average Bonchev–Trinajstić information content (AvgIpc) is 3.06. The maximum Gasteiger partial charge on any atom is 0.476 e. The molecule has 3 aromatic rings. The van der Waals surface area contributed by atoms with E-state index in [9.17, 15) is 19.3 Å². The lowest BCUT2D eigenvalue weighted by Crippen LogP contribution is -2.61. The van der Waals surface area contributed by atoms with Gasteiger partial charge in [-0.25, -0.2) is 9.36 Å². The number of phosphoric ester groups is 1. The number of urea groups is 1. The van der Waals surface area contributed by atoms with E-state index in [1.807, 2.05) is 100 Å². The summed E-state index contributed by atoms with van der Waals surface area (Å²) in [5.74, 6) is -0.458. The van der Waals surface area contributed by atoms with Gasteiger partial charge in [0.1, 0.15) is 6.04 Å². The highest BCUT2D eigenvalue weighted by Gasteiger charge is 2.50. The van der Waals surface area contributed by atoms with Gasteiger partial charge in [0.25, 0.3) is 0 Å². The fourth-order valence-corrected chi connectivity index (χ4v) is 7.44. The van der Waals surface area contributed by atoms with Gasteiger partial charge in [-0.3, -0.25) is 18.4 Å². The monoisotopic (exact) mass is 713 g/mol. The van der Waals surface area contributed by atoms with Crippen molar-refractivity contribution in [1.29, 1.82) is 0 Å². The van der Waals surface area contributed by atoms with Crippen LogP contribution in [0.15, 0.2) is 84.9 Å². The first-order chi connectivity index (χ1) is 23.0. The quantitative estimate of drug-likeness (QED) is 0.148. The standard InChI is InChI=1S/C37H49ClN3O7P/c1-27(2)32(33(42)41-22-21-37(44,35(3,4)26-41)30-17-19-31(38)20-18-30)40-34(43)39-25-36(5,6)48-49(45,46-23-28-13-9-7-10-14-28)47-24-29-15-11-8-12-16-29/h7-20,27,32,44H,21-26H2,1-6H3,(H2,39,40,43)/t32-,37+/m1/s1. The number of aliphatic hydroxyl groups is 1. The maximum atomic E-state index is 13.9. The van der Waals surface area contributed by atoms with Crippen LogP contribution < -0.4 is 10.6 Å². The molecule has 1 aliphatic heterocycles. The number of amides is 3. The normalized spacial score (nSPS) is 18.6. The Morgan fingerprint density at radius 1 is 0.939 bits per heavy atom. The Balaban J connectivity index is 1.37. The first-order valence-electron chi connectivity index (χ1n) is 16.5. The van der Waals surface area contributed by atoms with E-state index >= 15 is 0 Å². The van der Waals surface area contributed by atoms with E-state index in [1.54, 1.807) is 30.9 Å². The largest absolute Gasteiger partial charge is 0.476 e. The smallest absolute Gasteiger partial charge is 0.384 e. The average molecular weight is 714 g/mol. The summed E-state index contributed by atoms with van der Waals surface area (Å²) in [7, 11) is -4.12. The Labute approximate surface area is 295 Å². The highest BCUT2D eigenvalue weighted by molar-refractivity contribution is 7.48. The molecule has 10 nitrogen and oxygen atoms in total. The molecule has 0 aromatic heterocycles. The summed E-state index contributed by atoms with van der Waals surface area (Å²) in [6.45, 7) is 11.5. The van der Waals surface area contributed by atoms with E-state index in [1.165, 1.54) is 0 Å². The van der Waals surface area contributed by atoms with Crippen molar-refractivity contribution in [3.63, 3.8) is 0 Å². The Bertz CT molecular complexity index is 1540.